The summed E-state index contributed by atoms with van der Waals surface area (Å²) in [5.41, 5.74) is 1.89. The molecule has 4 rings (SSSR count). The van der Waals surface area contributed by atoms with E-state index in [4.69, 9.17) is 0 Å². The summed E-state index contributed by atoms with van der Waals surface area (Å²) in [4.78, 5) is 22.8. The number of carbonyl (C=O) groups excluding carboxylic acids is 1. The second kappa shape index (κ2) is 7.64. The number of nitrogens with zero attached hydrogens (tertiary/aromatic N) is 3. The van der Waals surface area contributed by atoms with Gasteiger partial charge in [-0.2, -0.15) is 0 Å². The molecule has 0 bridgehead atoms. The molecule has 2 aliphatic rings. The number of hydrogen-bond acceptors (Lipinski definition) is 4. The van der Waals surface area contributed by atoms with Crippen LogP contribution in [0.3, 0.4) is 0 Å². The molecule has 0 spiro atoms. The second-order valence-electron chi connectivity index (χ2n) is 8.10. The molecule has 2 saturated heterocycles. The van der Waals surface area contributed by atoms with Gasteiger partial charge in [-0.25, -0.2) is 0 Å². The van der Waals surface area contributed by atoms with Crippen LogP contribution in [0.4, 0.5) is 5.69 Å². The summed E-state index contributed by atoms with van der Waals surface area (Å²) >= 11 is 1.89. The van der Waals surface area contributed by atoms with Gasteiger partial charge in [0.1, 0.15) is 0 Å². The van der Waals surface area contributed by atoms with E-state index in [1.54, 1.807) is 0 Å². The van der Waals surface area contributed by atoms with Crippen molar-refractivity contribution in [2.24, 2.45) is 5.92 Å². The van der Waals surface area contributed by atoms with E-state index in [9.17, 15) is 4.79 Å². The molecular weight excluding hydrogens is 354 g/mol. The molecule has 0 radical (unpaired) electrons. The first-order valence-corrected chi connectivity index (χ1v) is 10.7. The van der Waals surface area contributed by atoms with Crippen LogP contribution in [0.1, 0.15) is 33.0 Å². The number of thiophene rings is 1. The van der Waals surface area contributed by atoms with Crippen molar-refractivity contribution in [1.82, 2.24) is 9.80 Å². The fraction of sp³-hybridized carbons (Fsp3) is 0.500. The maximum Gasteiger partial charge on any atom is 0.254 e. The lowest BCUT2D eigenvalue weighted by molar-refractivity contribution is 0.0592. The Labute approximate surface area is 166 Å². The number of benzene rings is 1. The molecule has 1 aromatic carbocycles. The Morgan fingerprint density at radius 1 is 1.19 bits per heavy atom. The summed E-state index contributed by atoms with van der Waals surface area (Å²) in [6, 6.07) is 12.8. The molecule has 0 N–H and O–H groups in total. The summed E-state index contributed by atoms with van der Waals surface area (Å²) in [6.45, 7) is 6.22. The standard InChI is InChI=1S/C22H29N3OS/c1-16-7-8-20(27-16)14-24-11-9-17-10-12-25(21(17)15-24)22(26)18-5-4-6-19(13-18)23(2)3/h4-8,13,17,21H,9-12,14-15H2,1-3H3. The number of aryl methyl sites for hydroxylation is 1. The van der Waals surface area contributed by atoms with Crippen LogP contribution < -0.4 is 4.90 Å². The number of hydrogen-bond donors (Lipinski definition) is 0. The monoisotopic (exact) mass is 383 g/mol. The highest BCUT2D eigenvalue weighted by molar-refractivity contribution is 7.11. The Bertz CT molecular complexity index is 815. The van der Waals surface area contributed by atoms with E-state index >= 15 is 0 Å². The summed E-state index contributed by atoms with van der Waals surface area (Å²) in [7, 11) is 4.03. The molecular formula is C22H29N3OS. The Balaban J connectivity index is 1.47. The van der Waals surface area contributed by atoms with Crippen molar-refractivity contribution in [3.8, 4) is 0 Å². The van der Waals surface area contributed by atoms with E-state index in [2.05, 4.69) is 39.8 Å². The number of amides is 1. The number of rotatable bonds is 4. The van der Waals surface area contributed by atoms with Gasteiger partial charge in [0.15, 0.2) is 0 Å². The largest absolute Gasteiger partial charge is 0.378 e. The zero-order valence-electron chi connectivity index (χ0n) is 16.5. The molecule has 144 valence electrons. The molecule has 2 aromatic rings. The number of anilines is 1. The quantitative estimate of drug-likeness (QED) is 0.802. The first-order chi connectivity index (χ1) is 13.0. The summed E-state index contributed by atoms with van der Waals surface area (Å²) < 4.78 is 0. The molecule has 2 aliphatic heterocycles. The van der Waals surface area contributed by atoms with Crippen LogP contribution >= 0.6 is 11.3 Å². The summed E-state index contributed by atoms with van der Waals surface area (Å²) in [5.74, 6) is 0.854. The molecule has 0 saturated carbocycles. The van der Waals surface area contributed by atoms with Gasteiger partial charge in [0.25, 0.3) is 5.91 Å². The molecule has 2 fully saturated rings. The number of piperidine rings is 1. The van der Waals surface area contributed by atoms with E-state index < -0.39 is 0 Å². The lowest BCUT2D eigenvalue weighted by Gasteiger charge is -2.38. The fourth-order valence-electron chi connectivity index (χ4n) is 4.48. The average molecular weight is 384 g/mol. The van der Waals surface area contributed by atoms with E-state index in [0.29, 0.717) is 12.0 Å². The Morgan fingerprint density at radius 3 is 2.74 bits per heavy atom. The van der Waals surface area contributed by atoms with Crippen LogP contribution in [0, 0.1) is 12.8 Å². The van der Waals surface area contributed by atoms with Gasteiger partial charge < -0.3 is 9.80 Å². The highest BCUT2D eigenvalue weighted by Crippen LogP contribution is 2.34. The zero-order chi connectivity index (χ0) is 19.0. The van der Waals surface area contributed by atoms with Crippen molar-refractivity contribution < 1.29 is 4.79 Å². The fourth-order valence-corrected chi connectivity index (χ4v) is 5.41. The van der Waals surface area contributed by atoms with Crippen LogP contribution in [-0.2, 0) is 6.54 Å². The molecule has 4 nitrogen and oxygen atoms in total. The minimum absolute atomic E-state index is 0.194. The van der Waals surface area contributed by atoms with Crippen molar-refractivity contribution in [2.45, 2.75) is 32.4 Å². The van der Waals surface area contributed by atoms with Gasteiger partial charge >= 0.3 is 0 Å². The molecule has 2 atom stereocenters. The number of carbonyl (C=O) groups is 1. The Kier molecular flexibility index (Phi) is 5.24. The van der Waals surface area contributed by atoms with Gasteiger partial charge in [0, 0.05) is 60.8 Å². The van der Waals surface area contributed by atoms with Gasteiger partial charge in [-0.15, -0.1) is 11.3 Å². The smallest absolute Gasteiger partial charge is 0.254 e. The van der Waals surface area contributed by atoms with Crippen LogP contribution in [0.5, 0.6) is 0 Å². The van der Waals surface area contributed by atoms with Crippen molar-refractivity contribution in [2.75, 3.05) is 38.6 Å². The van der Waals surface area contributed by atoms with Crippen molar-refractivity contribution in [1.29, 1.82) is 0 Å². The van der Waals surface area contributed by atoms with Crippen molar-refractivity contribution in [3.63, 3.8) is 0 Å². The molecule has 0 aliphatic carbocycles. The lowest BCUT2D eigenvalue weighted by atomic mass is 9.92. The molecule has 27 heavy (non-hydrogen) atoms. The van der Waals surface area contributed by atoms with Gasteiger partial charge in [-0.05, 0) is 62.6 Å². The molecule has 3 heterocycles. The van der Waals surface area contributed by atoms with Gasteiger partial charge in [-0.3, -0.25) is 9.69 Å². The number of fused-ring (bicyclic) bond motifs is 1. The first-order valence-electron chi connectivity index (χ1n) is 9.87. The van der Waals surface area contributed by atoms with Crippen molar-refractivity contribution >= 4 is 22.9 Å². The third kappa shape index (κ3) is 3.90. The summed E-state index contributed by atoms with van der Waals surface area (Å²) in [6.07, 6.45) is 2.35. The van der Waals surface area contributed by atoms with Gasteiger partial charge in [-0.1, -0.05) is 6.07 Å². The third-order valence-electron chi connectivity index (χ3n) is 5.99. The van der Waals surface area contributed by atoms with E-state index in [-0.39, 0.29) is 5.91 Å². The van der Waals surface area contributed by atoms with Crippen LogP contribution in [-0.4, -0.2) is 55.5 Å². The average Bonchev–Trinajstić information content (AvgIpc) is 3.27. The molecule has 1 aromatic heterocycles. The second-order valence-corrected chi connectivity index (χ2v) is 9.47. The minimum atomic E-state index is 0.194. The highest BCUT2D eigenvalue weighted by Gasteiger charge is 2.40. The lowest BCUT2D eigenvalue weighted by Crippen LogP contribution is -2.49. The summed E-state index contributed by atoms with van der Waals surface area (Å²) in [5, 5.41) is 0. The first kappa shape index (κ1) is 18.5. The Morgan fingerprint density at radius 2 is 2.00 bits per heavy atom. The predicted molar refractivity (Wildman–Crippen MR) is 113 cm³/mol. The van der Waals surface area contributed by atoms with Gasteiger partial charge in [0.2, 0.25) is 0 Å². The third-order valence-corrected chi connectivity index (χ3v) is 6.98. The van der Waals surface area contributed by atoms with E-state index in [0.717, 1.165) is 43.9 Å². The van der Waals surface area contributed by atoms with E-state index in [1.165, 1.54) is 16.2 Å². The zero-order valence-corrected chi connectivity index (χ0v) is 17.3. The Hall–Kier alpha value is -1.85. The maximum absolute atomic E-state index is 13.2. The molecule has 5 heteroatoms. The molecule has 2 unspecified atom stereocenters. The molecule has 1 amide bonds. The van der Waals surface area contributed by atoms with Gasteiger partial charge in [0.05, 0.1) is 0 Å². The van der Waals surface area contributed by atoms with E-state index in [1.807, 2.05) is 43.6 Å². The predicted octanol–water partition coefficient (Wildman–Crippen LogP) is 3.86. The highest BCUT2D eigenvalue weighted by atomic mass is 32.1. The number of likely N-dealkylation sites (tertiary alicyclic amines) is 2. The SMILES string of the molecule is Cc1ccc(CN2CCC3CCN(C(=O)c4cccc(N(C)C)c4)C3C2)s1. The minimum Gasteiger partial charge on any atom is -0.378 e. The van der Waals surface area contributed by atoms with Crippen molar-refractivity contribution in [3.05, 3.63) is 51.7 Å². The van der Waals surface area contributed by atoms with Crippen LogP contribution in [0.25, 0.3) is 0 Å². The van der Waals surface area contributed by atoms with Crippen LogP contribution in [0.15, 0.2) is 36.4 Å². The maximum atomic E-state index is 13.2. The van der Waals surface area contributed by atoms with Crippen LogP contribution in [0.2, 0.25) is 0 Å². The normalized spacial score (nSPS) is 22.7. The topological polar surface area (TPSA) is 26.8 Å².